The van der Waals surface area contributed by atoms with Gasteiger partial charge in [0.2, 0.25) is 0 Å². The molecular weight excluding hydrogens is 740 g/mol. The Hall–Kier alpha value is -4.59. The lowest BCUT2D eigenvalue weighted by atomic mass is 9.90. The van der Waals surface area contributed by atoms with Gasteiger partial charge in [0.15, 0.2) is 0 Å². The third-order valence-corrected chi connectivity index (χ3v) is 7.33. The molecule has 3 N–H and O–H groups in total. The summed E-state index contributed by atoms with van der Waals surface area (Å²) in [7, 11) is -3.70. The van der Waals surface area contributed by atoms with Crippen molar-refractivity contribution in [3.8, 4) is 0 Å². The second-order valence-corrected chi connectivity index (χ2v) is 19.1. The van der Waals surface area contributed by atoms with Crippen molar-refractivity contribution in [3.63, 3.8) is 0 Å². The van der Waals surface area contributed by atoms with Crippen LogP contribution in [0, 0.1) is 0 Å². The van der Waals surface area contributed by atoms with E-state index in [1.165, 1.54) is 4.90 Å². The molecule has 4 rings (SSSR count). The van der Waals surface area contributed by atoms with Crippen LogP contribution in [-0.2, 0) is 39.8 Å². The first kappa shape index (κ1) is 46.6. The second kappa shape index (κ2) is 17.9. The van der Waals surface area contributed by atoms with Gasteiger partial charge in [-0.05, 0) is 95.2 Å². The van der Waals surface area contributed by atoms with Gasteiger partial charge >= 0.3 is 24.4 Å². The number of aromatic nitrogens is 4. The molecular formula is C35H60N8O11S. The van der Waals surface area contributed by atoms with Gasteiger partial charge in [0, 0.05) is 24.8 Å². The Morgan fingerprint density at radius 2 is 1.13 bits per heavy atom. The van der Waals surface area contributed by atoms with Crippen LogP contribution in [0.25, 0.3) is 0 Å². The number of hydrogen-bond acceptors (Lipinski definition) is 13. The molecule has 4 amide bonds. The summed E-state index contributed by atoms with van der Waals surface area (Å²) in [6, 6.07) is 3.64. The van der Waals surface area contributed by atoms with Crippen molar-refractivity contribution in [1.29, 1.82) is 0 Å². The van der Waals surface area contributed by atoms with Gasteiger partial charge < -0.3 is 39.4 Å². The molecule has 0 bridgehead atoms. The van der Waals surface area contributed by atoms with Gasteiger partial charge in [0.1, 0.15) is 27.9 Å². The molecule has 20 heteroatoms. The Morgan fingerprint density at radius 1 is 0.691 bits per heavy atom. The molecule has 2 fully saturated rings. The first-order valence-electron chi connectivity index (χ1n) is 17.6. The summed E-state index contributed by atoms with van der Waals surface area (Å²) in [6.07, 6.45) is 5.69. The number of carbonyl (C=O) groups is 4. The van der Waals surface area contributed by atoms with Crippen LogP contribution in [0.4, 0.5) is 19.2 Å². The number of likely N-dealkylation sites (tertiary alicyclic amines) is 2. The van der Waals surface area contributed by atoms with Crippen molar-refractivity contribution >= 4 is 34.5 Å². The zero-order valence-electron chi connectivity index (χ0n) is 34.3. The van der Waals surface area contributed by atoms with Crippen molar-refractivity contribution in [2.75, 3.05) is 39.0 Å². The van der Waals surface area contributed by atoms with Crippen molar-refractivity contribution in [3.05, 3.63) is 36.9 Å². The Bertz CT molecular complexity index is 1630. The highest BCUT2D eigenvalue weighted by atomic mass is 32.2. The van der Waals surface area contributed by atoms with Gasteiger partial charge in [0.05, 0.1) is 51.1 Å². The van der Waals surface area contributed by atoms with Crippen LogP contribution in [0.3, 0.4) is 0 Å². The molecule has 0 radical (unpaired) electrons. The van der Waals surface area contributed by atoms with Crippen LogP contribution >= 0.6 is 0 Å². The van der Waals surface area contributed by atoms with Gasteiger partial charge in [-0.25, -0.2) is 19.2 Å². The number of ether oxygens (including phenoxy) is 4. The molecule has 2 aromatic heterocycles. The molecule has 0 saturated carbocycles. The molecule has 0 unspecified atom stereocenters. The maximum Gasteiger partial charge on any atom is 0.410 e. The average Bonchev–Trinajstić information content (AvgIpc) is 3.66. The normalized spacial score (nSPS) is 16.3. The minimum Gasteiger partial charge on any atom is -0.444 e. The molecule has 0 spiro atoms. The van der Waals surface area contributed by atoms with E-state index in [-0.39, 0.29) is 19.7 Å². The number of carbonyl (C=O) groups excluding carboxylic acids is 4. The lowest BCUT2D eigenvalue weighted by Crippen LogP contribution is -2.74. The molecule has 2 saturated heterocycles. The maximum absolute atomic E-state index is 12.2. The molecule has 19 nitrogen and oxygen atoms in total. The average molecular weight is 801 g/mol. The number of aromatic amines is 1. The molecule has 4 heterocycles. The zero-order valence-corrected chi connectivity index (χ0v) is 35.2. The van der Waals surface area contributed by atoms with E-state index in [0.29, 0.717) is 19.6 Å². The van der Waals surface area contributed by atoms with Crippen molar-refractivity contribution in [1.82, 2.24) is 40.4 Å². The minimum absolute atomic E-state index is 0.0523. The molecule has 0 atom stereocenters. The van der Waals surface area contributed by atoms with Crippen LogP contribution in [-0.4, -0.2) is 135 Å². The summed E-state index contributed by atoms with van der Waals surface area (Å²) >= 11 is 0. The number of amides is 4. The van der Waals surface area contributed by atoms with Crippen LogP contribution < -0.4 is 10.6 Å². The fourth-order valence-electron chi connectivity index (χ4n) is 4.88. The number of hydrogen-bond donors (Lipinski definition) is 3. The number of H-pyrrole nitrogens is 1. The molecule has 2 aromatic rings. The fraction of sp³-hybridized carbons (Fsp3) is 0.714. The van der Waals surface area contributed by atoms with Crippen LogP contribution in [0.15, 0.2) is 36.9 Å². The smallest absolute Gasteiger partial charge is 0.410 e. The third kappa shape index (κ3) is 18.5. The Kier molecular flexibility index (Phi) is 15.2. The van der Waals surface area contributed by atoms with E-state index >= 15 is 0 Å². The highest BCUT2D eigenvalue weighted by Crippen LogP contribution is 2.27. The lowest BCUT2D eigenvalue weighted by molar-refractivity contribution is -0.0320. The summed E-state index contributed by atoms with van der Waals surface area (Å²) in [4.78, 5) is 51.4. The van der Waals surface area contributed by atoms with Gasteiger partial charge in [-0.15, -0.1) is 0 Å². The zero-order chi connectivity index (χ0) is 42.1. The van der Waals surface area contributed by atoms with Crippen molar-refractivity contribution in [2.24, 2.45) is 0 Å². The standard InChI is InChI=1S/C17H28N4O4.C15H28N2O7S.C3H4N2/c1-15(2,3)24-13(22)19-17(12-21-9-7-8-18-21)10-20(11-17)14(23)25-16(4,5)6;1-13(2,3)23-11(18)16-15(10-22-25(7,20)21)8-17(9-15)12(19)24-14(4,5)6;1-2-4-5-3-1/h7-9H,10-12H2,1-6H3,(H,19,22);8-10H2,1-7H3,(H,16,18);1-3H,(H,4,5). The number of nitrogens with one attached hydrogen (secondary N) is 3. The van der Waals surface area contributed by atoms with Crippen molar-refractivity contribution in [2.45, 2.75) is 123 Å². The summed E-state index contributed by atoms with van der Waals surface area (Å²) in [5.41, 5.74) is -4.20. The van der Waals surface area contributed by atoms with E-state index < -0.39 is 68.0 Å². The highest BCUT2D eigenvalue weighted by molar-refractivity contribution is 7.86. The topological polar surface area (TPSA) is 226 Å². The van der Waals surface area contributed by atoms with E-state index in [0.717, 1.165) is 6.26 Å². The molecule has 312 valence electrons. The summed E-state index contributed by atoms with van der Waals surface area (Å²) in [5.74, 6) is 0. The predicted molar refractivity (Wildman–Crippen MR) is 201 cm³/mol. The van der Waals surface area contributed by atoms with Gasteiger partial charge in [-0.1, -0.05) is 0 Å². The first-order chi connectivity index (χ1) is 24.9. The Labute approximate surface area is 324 Å². The molecule has 55 heavy (non-hydrogen) atoms. The van der Waals surface area contributed by atoms with Crippen LogP contribution in [0.1, 0.15) is 83.1 Å². The van der Waals surface area contributed by atoms with Crippen molar-refractivity contribution < 1.29 is 50.7 Å². The first-order valence-corrected chi connectivity index (χ1v) is 19.4. The maximum atomic E-state index is 12.2. The highest BCUT2D eigenvalue weighted by Gasteiger charge is 2.50. The monoisotopic (exact) mass is 800 g/mol. The molecule has 0 aromatic carbocycles. The van der Waals surface area contributed by atoms with E-state index in [2.05, 4.69) is 25.9 Å². The van der Waals surface area contributed by atoms with Gasteiger partial charge in [-0.3, -0.25) is 14.0 Å². The summed E-state index contributed by atoms with van der Waals surface area (Å²) in [6.45, 7) is 22.1. The largest absolute Gasteiger partial charge is 0.444 e. The van der Waals surface area contributed by atoms with Gasteiger partial charge in [-0.2, -0.15) is 18.6 Å². The summed E-state index contributed by atoms with van der Waals surface area (Å²) in [5, 5.41) is 15.9. The predicted octanol–water partition coefficient (Wildman–Crippen LogP) is 4.28. The Morgan fingerprint density at radius 3 is 1.45 bits per heavy atom. The number of alkyl carbamates (subject to hydrolysis) is 2. The molecule has 2 aliphatic heterocycles. The Balaban J connectivity index is 0.000000336. The van der Waals surface area contributed by atoms with Gasteiger partial charge in [0.25, 0.3) is 10.1 Å². The quantitative estimate of drug-likeness (QED) is 0.263. The van der Waals surface area contributed by atoms with Crippen LogP contribution in [0.5, 0.6) is 0 Å². The molecule has 0 aliphatic carbocycles. The molecule has 2 aliphatic rings. The summed E-state index contributed by atoms with van der Waals surface area (Å²) < 4.78 is 50.2. The lowest BCUT2D eigenvalue weighted by Gasteiger charge is -2.49. The van der Waals surface area contributed by atoms with E-state index in [1.54, 1.807) is 90.5 Å². The number of rotatable bonds is 7. The van der Waals surface area contributed by atoms with Crippen LogP contribution in [0.2, 0.25) is 0 Å². The van der Waals surface area contributed by atoms with E-state index in [1.807, 2.05) is 39.1 Å². The van der Waals surface area contributed by atoms with E-state index in [9.17, 15) is 27.6 Å². The van der Waals surface area contributed by atoms with E-state index in [4.69, 9.17) is 23.1 Å². The third-order valence-electron chi connectivity index (χ3n) is 6.79. The SMILES string of the molecule is CC(C)(C)OC(=O)NC1(COS(C)(=O)=O)CN(C(=O)OC(C)(C)C)C1.CC(C)(C)OC(=O)NC1(Cn2cccn2)CN(C(=O)OC(C)(C)C)C1.c1cn[nH]c1. The fourth-order valence-corrected chi connectivity index (χ4v) is 5.32. The minimum atomic E-state index is -3.70. The second-order valence-electron chi connectivity index (χ2n) is 17.4. The number of nitrogens with zero attached hydrogens (tertiary/aromatic N) is 5.